The number of rotatable bonds is 3. The van der Waals surface area contributed by atoms with Gasteiger partial charge in [-0.25, -0.2) is 9.99 Å². The van der Waals surface area contributed by atoms with E-state index in [0.29, 0.717) is 24.1 Å². The molecule has 1 unspecified atom stereocenters. The normalized spacial score (nSPS) is 21.1. The Labute approximate surface area is 170 Å². The van der Waals surface area contributed by atoms with Gasteiger partial charge in [-0.2, -0.15) is 10.4 Å². The molecule has 3 heterocycles. The molecule has 2 aromatic rings. The van der Waals surface area contributed by atoms with E-state index < -0.39 is 0 Å². The first-order valence-electron chi connectivity index (χ1n) is 10.3. The maximum absolute atomic E-state index is 11.9. The van der Waals surface area contributed by atoms with Gasteiger partial charge in [-0.1, -0.05) is 18.9 Å². The van der Waals surface area contributed by atoms with Crippen molar-refractivity contribution in [3.63, 3.8) is 0 Å². The van der Waals surface area contributed by atoms with E-state index in [-0.39, 0.29) is 5.91 Å². The summed E-state index contributed by atoms with van der Waals surface area (Å²) in [6.45, 7) is 2.46. The maximum Gasteiger partial charge on any atom is 0.251 e. The van der Waals surface area contributed by atoms with E-state index in [9.17, 15) is 10.1 Å². The lowest BCUT2D eigenvalue weighted by Crippen LogP contribution is -2.33. The second-order valence-electron chi connectivity index (χ2n) is 8.18. The first-order valence-corrected chi connectivity index (χ1v) is 10.3. The molecular weight excluding hydrogens is 362 g/mol. The number of aromatic nitrogens is 1. The number of anilines is 1. The Kier molecular flexibility index (Phi) is 4.31. The van der Waals surface area contributed by atoms with Crippen LogP contribution in [0.15, 0.2) is 35.4 Å². The van der Waals surface area contributed by atoms with Gasteiger partial charge in [0.05, 0.1) is 23.0 Å². The summed E-state index contributed by atoms with van der Waals surface area (Å²) < 4.78 is 0. The highest BCUT2D eigenvalue weighted by Gasteiger charge is 2.37. The smallest absolute Gasteiger partial charge is 0.251 e. The lowest BCUT2D eigenvalue weighted by Gasteiger charge is -2.27. The summed E-state index contributed by atoms with van der Waals surface area (Å²) in [7, 11) is 0. The number of pyridine rings is 1. The molecule has 2 aliphatic heterocycles. The van der Waals surface area contributed by atoms with Gasteiger partial charge in [-0.3, -0.25) is 4.79 Å². The summed E-state index contributed by atoms with van der Waals surface area (Å²) in [5.41, 5.74) is 5.27. The van der Waals surface area contributed by atoms with Crippen molar-refractivity contribution in [3.05, 3.63) is 58.3 Å². The van der Waals surface area contributed by atoms with Gasteiger partial charge in [0.2, 0.25) is 0 Å². The lowest BCUT2D eigenvalue weighted by atomic mass is 9.91. The van der Waals surface area contributed by atoms with Gasteiger partial charge >= 0.3 is 0 Å². The standard InChI is InChI=1S/C23H23N5O/c1-14-17(12-24)7-9-22(26-14)28-21(15-4-2-3-5-15)11-20(27-28)16-6-8-19-18(10-16)13-25-23(19)29/h6-10,15,21H,2-5,11,13H2,1H3,(H,25,29). The molecule has 6 heteroatoms. The maximum atomic E-state index is 11.9. The van der Waals surface area contributed by atoms with Crippen LogP contribution in [0.5, 0.6) is 0 Å². The first kappa shape index (κ1) is 17.9. The van der Waals surface area contributed by atoms with Crippen LogP contribution >= 0.6 is 0 Å². The molecule has 29 heavy (non-hydrogen) atoms. The molecule has 1 aliphatic carbocycles. The summed E-state index contributed by atoms with van der Waals surface area (Å²) in [5.74, 6) is 1.42. The molecule has 1 aromatic heterocycles. The van der Waals surface area contributed by atoms with Gasteiger partial charge in [-0.05, 0) is 61.1 Å². The fraction of sp³-hybridized carbons (Fsp3) is 0.391. The van der Waals surface area contributed by atoms with Gasteiger partial charge in [0, 0.05) is 18.5 Å². The highest BCUT2D eigenvalue weighted by atomic mass is 16.1. The van der Waals surface area contributed by atoms with Crippen molar-refractivity contribution in [2.45, 2.75) is 51.6 Å². The number of nitriles is 1. The van der Waals surface area contributed by atoms with Crippen molar-refractivity contribution in [1.29, 1.82) is 5.26 Å². The lowest BCUT2D eigenvalue weighted by molar-refractivity contribution is 0.0966. The van der Waals surface area contributed by atoms with Gasteiger partial charge in [-0.15, -0.1) is 0 Å². The van der Waals surface area contributed by atoms with Crippen LogP contribution in [0.25, 0.3) is 0 Å². The molecule has 0 bridgehead atoms. The van der Waals surface area contributed by atoms with Crippen LogP contribution in [0.1, 0.15) is 64.8 Å². The summed E-state index contributed by atoms with van der Waals surface area (Å²) in [4.78, 5) is 16.5. The van der Waals surface area contributed by atoms with Gasteiger partial charge in [0.15, 0.2) is 0 Å². The Morgan fingerprint density at radius 1 is 1.21 bits per heavy atom. The number of hydrogen-bond donors (Lipinski definition) is 1. The van der Waals surface area contributed by atoms with Gasteiger partial charge in [0.1, 0.15) is 11.9 Å². The Morgan fingerprint density at radius 2 is 2.03 bits per heavy atom. The average Bonchev–Trinajstić information content (AvgIpc) is 3.47. The molecule has 1 fully saturated rings. The molecule has 6 nitrogen and oxygen atoms in total. The molecule has 0 radical (unpaired) electrons. The fourth-order valence-electron chi connectivity index (χ4n) is 4.84. The molecule has 0 saturated heterocycles. The molecule has 1 aromatic carbocycles. The largest absolute Gasteiger partial charge is 0.348 e. The predicted octanol–water partition coefficient (Wildman–Crippen LogP) is 3.68. The highest BCUT2D eigenvalue weighted by molar-refractivity contribution is 6.05. The third kappa shape index (κ3) is 3.07. The minimum absolute atomic E-state index is 0.00243. The number of amides is 1. The number of nitrogens with zero attached hydrogens (tertiary/aromatic N) is 4. The number of carbonyl (C=O) groups is 1. The van der Waals surface area contributed by atoms with E-state index in [4.69, 9.17) is 5.10 Å². The Balaban J connectivity index is 1.52. The zero-order chi connectivity index (χ0) is 20.0. The Hall–Kier alpha value is -3.20. The molecule has 1 saturated carbocycles. The van der Waals surface area contributed by atoms with Crippen molar-refractivity contribution < 1.29 is 4.79 Å². The van der Waals surface area contributed by atoms with E-state index in [1.54, 1.807) is 0 Å². The fourth-order valence-corrected chi connectivity index (χ4v) is 4.84. The Bertz CT molecular complexity index is 1060. The van der Waals surface area contributed by atoms with Crippen molar-refractivity contribution in [1.82, 2.24) is 10.3 Å². The second-order valence-corrected chi connectivity index (χ2v) is 8.18. The average molecular weight is 385 g/mol. The van der Waals surface area contributed by atoms with E-state index in [2.05, 4.69) is 27.4 Å². The van der Waals surface area contributed by atoms with E-state index in [1.165, 1.54) is 25.7 Å². The van der Waals surface area contributed by atoms with E-state index in [0.717, 1.165) is 40.3 Å². The topological polar surface area (TPSA) is 81.4 Å². The number of aryl methyl sites for hydroxylation is 1. The van der Waals surface area contributed by atoms with Crippen molar-refractivity contribution in [2.75, 3.05) is 5.01 Å². The Morgan fingerprint density at radius 3 is 2.79 bits per heavy atom. The van der Waals surface area contributed by atoms with Crippen LogP contribution in [0.2, 0.25) is 0 Å². The molecule has 0 spiro atoms. The van der Waals surface area contributed by atoms with Crippen molar-refractivity contribution in [3.8, 4) is 6.07 Å². The summed E-state index contributed by atoms with van der Waals surface area (Å²) in [6.07, 6.45) is 5.88. The molecule has 1 amide bonds. The molecule has 1 N–H and O–H groups in total. The van der Waals surface area contributed by atoms with Crippen LogP contribution in [0.3, 0.4) is 0 Å². The quantitative estimate of drug-likeness (QED) is 0.874. The van der Waals surface area contributed by atoms with Gasteiger partial charge < -0.3 is 5.32 Å². The zero-order valence-electron chi connectivity index (χ0n) is 16.5. The number of nitrogens with one attached hydrogen (secondary N) is 1. The van der Waals surface area contributed by atoms with Crippen molar-refractivity contribution in [2.24, 2.45) is 11.0 Å². The van der Waals surface area contributed by atoms with Crippen LogP contribution in [-0.4, -0.2) is 22.6 Å². The summed E-state index contributed by atoms with van der Waals surface area (Å²) in [6, 6.07) is 12.2. The highest BCUT2D eigenvalue weighted by Crippen LogP contribution is 2.38. The van der Waals surface area contributed by atoms with E-state index >= 15 is 0 Å². The summed E-state index contributed by atoms with van der Waals surface area (Å²) >= 11 is 0. The van der Waals surface area contributed by atoms with Crippen LogP contribution < -0.4 is 10.3 Å². The SMILES string of the molecule is Cc1nc(N2N=C(c3ccc4c(c3)CNC4=O)CC2C2CCCC2)ccc1C#N. The van der Waals surface area contributed by atoms with Crippen LogP contribution in [-0.2, 0) is 6.54 Å². The number of carbonyl (C=O) groups excluding carboxylic acids is 1. The number of fused-ring (bicyclic) bond motifs is 1. The molecule has 3 aliphatic rings. The molecular formula is C23H23N5O. The minimum Gasteiger partial charge on any atom is -0.348 e. The monoisotopic (exact) mass is 385 g/mol. The van der Waals surface area contributed by atoms with Crippen LogP contribution in [0, 0.1) is 24.2 Å². The zero-order valence-corrected chi connectivity index (χ0v) is 16.5. The second kappa shape index (κ2) is 7.00. The summed E-state index contributed by atoms with van der Waals surface area (Å²) in [5, 5.41) is 19.2. The predicted molar refractivity (Wildman–Crippen MR) is 111 cm³/mol. The molecule has 5 rings (SSSR count). The number of benzene rings is 1. The molecule has 1 atom stereocenters. The van der Waals surface area contributed by atoms with Crippen molar-refractivity contribution >= 4 is 17.4 Å². The van der Waals surface area contributed by atoms with Crippen LogP contribution in [0.4, 0.5) is 5.82 Å². The van der Waals surface area contributed by atoms with E-state index in [1.807, 2.05) is 31.2 Å². The third-order valence-electron chi connectivity index (χ3n) is 6.44. The first-order chi connectivity index (χ1) is 14.1. The molecule has 146 valence electrons. The number of hydrazone groups is 1. The minimum atomic E-state index is 0.00243. The van der Waals surface area contributed by atoms with Gasteiger partial charge in [0.25, 0.3) is 5.91 Å². The number of hydrogen-bond acceptors (Lipinski definition) is 5. The third-order valence-corrected chi connectivity index (χ3v) is 6.44.